The van der Waals surface area contributed by atoms with E-state index in [0.717, 1.165) is 42.3 Å². The maximum atomic E-state index is 12.8. The Morgan fingerprint density at radius 2 is 1.71 bits per heavy atom. The van der Waals surface area contributed by atoms with Crippen molar-refractivity contribution in [2.24, 2.45) is 5.92 Å². The topological polar surface area (TPSA) is 55.4 Å². The van der Waals surface area contributed by atoms with Crippen LogP contribution < -0.4 is 5.56 Å². The van der Waals surface area contributed by atoms with Crippen LogP contribution in [0.5, 0.6) is 0 Å². The molecule has 0 bridgehead atoms. The summed E-state index contributed by atoms with van der Waals surface area (Å²) in [4.78, 5) is 15.3. The van der Waals surface area contributed by atoms with Crippen LogP contribution in [0.15, 0.2) is 59.4 Å². The second kappa shape index (κ2) is 8.63. The minimum atomic E-state index is 0.00350. The van der Waals surface area contributed by atoms with Crippen LogP contribution in [0.4, 0.5) is 0 Å². The zero-order valence-electron chi connectivity index (χ0n) is 18.1. The molecule has 2 aromatic heterocycles. The molecule has 0 saturated carbocycles. The molecular formula is C25H29N5O. The van der Waals surface area contributed by atoms with Crippen LogP contribution in [-0.4, -0.2) is 37.2 Å². The normalized spacial score (nSPS) is 15.8. The summed E-state index contributed by atoms with van der Waals surface area (Å²) in [5.74, 6) is 2.34. The van der Waals surface area contributed by atoms with Crippen molar-refractivity contribution in [3.8, 4) is 0 Å². The zero-order chi connectivity index (χ0) is 21.2. The van der Waals surface area contributed by atoms with Gasteiger partial charge in [0.05, 0.1) is 17.4 Å². The Bertz CT molecular complexity index is 1240. The smallest absolute Gasteiger partial charge is 0.262 e. The molecule has 0 radical (unpaired) electrons. The van der Waals surface area contributed by atoms with Gasteiger partial charge in [0.15, 0.2) is 5.82 Å². The van der Waals surface area contributed by atoms with Crippen LogP contribution in [0.1, 0.15) is 37.6 Å². The van der Waals surface area contributed by atoms with Crippen LogP contribution >= 0.6 is 0 Å². The van der Waals surface area contributed by atoms with Crippen molar-refractivity contribution in [3.63, 3.8) is 0 Å². The molecule has 0 aliphatic carbocycles. The summed E-state index contributed by atoms with van der Waals surface area (Å²) in [5.41, 5.74) is 2.34. The summed E-state index contributed by atoms with van der Waals surface area (Å²) in [6.07, 6.45) is 4.88. The Morgan fingerprint density at radius 3 is 2.48 bits per heavy atom. The number of likely N-dealkylation sites (tertiary alicyclic amines) is 1. The molecule has 2 aromatic carbocycles. The van der Waals surface area contributed by atoms with E-state index in [1.165, 1.54) is 31.2 Å². The molecule has 1 aliphatic heterocycles. The van der Waals surface area contributed by atoms with Gasteiger partial charge in [-0.3, -0.25) is 18.7 Å². The number of aryl methyl sites for hydroxylation is 2. The van der Waals surface area contributed by atoms with Crippen molar-refractivity contribution in [1.82, 2.24) is 24.1 Å². The van der Waals surface area contributed by atoms with E-state index in [4.69, 9.17) is 0 Å². The molecule has 5 rings (SSSR count). The van der Waals surface area contributed by atoms with Crippen LogP contribution in [0.2, 0.25) is 0 Å². The first-order valence-corrected chi connectivity index (χ1v) is 11.4. The summed E-state index contributed by atoms with van der Waals surface area (Å²) >= 11 is 0. The molecule has 0 amide bonds. The lowest BCUT2D eigenvalue weighted by molar-refractivity contribution is 0.168. The van der Waals surface area contributed by atoms with Crippen LogP contribution in [-0.2, 0) is 19.5 Å². The van der Waals surface area contributed by atoms with Gasteiger partial charge in [-0.2, -0.15) is 0 Å². The lowest BCUT2D eigenvalue weighted by Crippen LogP contribution is -2.34. The Labute approximate surface area is 182 Å². The Morgan fingerprint density at radius 1 is 0.968 bits per heavy atom. The number of aromatic nitrogens is 4. The Balaban J connectivity index is 1.32. The van der Waals surface area contributed by atoms with Crippen LogP contribution in [0, 0.1) is 5.92 Å². The Kier molecular flexibility index (Phi) is 5.55. The van der Waals surface area contributed by atoms with Gasteiger partial charge in [-0.15, -0.1) is 10.2 Å². The first kappa shape index (κ1) is 19.9. The summed E-state index contributed by atoms with van der Waals surface area (Å²) < 4.78 is 3.79. The first-order valence-electron chi connectivity index (χ1n) is 11.4. The van der Waals surface area contributed by atoms with Crippen molar-refractivity contribution < 1.29 is 0 Å². The van der Waals surface area contributed by atoms with E-state index >= 15 is 0 Å². The third-order valence-corrected chi connectivity index (χ3v) is 6.65. The average molecular weight is 416 g/mol. The highest BCUT2D eigenvalue weighted by Crippen LogP contribution is 2.24. The minimum absolute atomic E-state index is 0.00350. The molecule has 1 aliphatic rings. The molecule has 3 heterocycles. The highest BCUT2D eigenvalue weighted by atomic mass is 16.1. The molecule has 31 heavy (non-hydrogen) atoms. The van der Waals surface area contributed by atoms with Gasteiger partial charge in [-0.1, -0.05) is 42.5 Å². The monoisotopic (exact) mass is 415 g/mol. The number of benzene rings is 2. The van der Waals surface area contributed by atoms with E-state index in [-0.39, 0.29) is 5.56 Å². The molecule has 1 fully saturated rings. The Hall–Kier alpha value is -2.99. The maximum absolute atomic E-state index is 12.8. The van der Waals surface area contributed by atoms with Crippen molar-refractivity contribution in [2.75, 3.05) is 13.1 Å². The fourth-order valence-corrected chi connectivity index (χ4v) is 4.85. The van der Waals surface area contributed by atoms with Gasteiger partial charge in [0.25, 0.3) is 5.56 Å². The van der Waals surface area contributed by atoms with Gasteiger partial charge < -0.3 is 0 Å². The predicted molar refractivity (Wildman–Crippen MR) is 123 cm³/mol. The highest BCUT2D eigenvalue weighted by Gasteiger charge is 2.22. The molecule has 0 spiro atoms. The molecule has 6 heteroatoms. The standard InChI is InChI=1S/C25H29N5O/c1-2-29-24(31)21-10-6-7-11-22(21)30-23(26-27-25(29)30)18-28-16-14-20(15-17-28)13-12-19-8-4-3-5-9-19/h3-11,20H,2,12-18H2,1H3. The van der Waals surface area contributed by atoms with Crippen LogP contribution in [0.25, 0.3) is 16.7 Å². The van der Waals surface area contributed by atoms with Gasteiger partial charge in [0.1, 0.15) is 0 Å². The summed E-state index contributed by atoms with van der Waals surface area (Å²) in [6, 6.07) is 18.6. The van der Waals surface area contributed by atoms with Gasteiger partial charge in [0.2, 0.25) is 5.78 Å². The molecule has 4 aromatic rings. The number of hydrogen-bond acceptors (Lipinski definition) is 4. The number of hydrogen-bond donors (Lipinski definition) is 0. The molecular weight excluding hydrogens is 386 g/mol. The van der Waals surface area contributed by atoms with E-state index in [1.54, 1.807) is 4.57 Å². The number of piperidine rings is 1. The number of nitrogens with zero attached hydrogens (tertiary/aromatic N) is 5. The summed E-state index contributed by atoms with van der Waals surface area (Å²) in [7, 11) is 0. The van der Waals surface area contributed by atoms with Gasteiger partial charge in [-0.05, 0) is 69.3 Å². The number of para-hydroxylation sites is 1. The molecule has 6 nitrogen and oxygen atoms in total. The summed E-state index contributed by atoms with van der Waals surface area (Å²) in [6.45, 7) is 5.49. The van der Waals surface area contributed by atoms with Crippen molar-refractivity contribution >= 4 is 16.7 Å². The largest absolute Gasteiger partial charge is 0.296 e. The molecule has 0 atom stereocenters. The third-order valence-electron chi connectivity index (χ3n) is 6.65. The fraction of sp³-hybridized carbons (Fsp3) is 0.400. The fourth-order valence-electron chi connectivity index (χ4n) is 4.85. The zero-order valence-corrected chi connectivity index (χ0v) is 18.1. The highest BCUT2D eigenvalue weighted by molar-refractivity contribution is 5.80. The third kappa shape index (κ3) is 3.88. The summed E-state index contributed by atoms with van der Waals surface area (Å²) in [5, 5.41) is 9.61. The van der Waals surface area contributed by atoms with E-state index < -0.39 is 0 Å². The molecule has 0 unspecified atom stereocenters. The molecule has 160 valence electrons. The lowest BCUT2D eigenvalue weighted by Gasteiger charge is -2.31. The van der Waals surface area contributed by atoms with Gasteiger partial charge >= 0.3 is 0 Å². The molecule has 1 saturated heterocycles. The van der Waals surface area contributed by atoms with E-state index in [0.29, 0.717) is 12.3 Å². The quantitative estimate of drug-likeness (QED) is 0.479. The second-order valence-electron chi connectivity index (χ2n) is 8.56. The van der Waals surface area contributed by atoms with Crippen LogP contribution in [0.3, 0.4) is 0 Å². The number of fused-ring (bicyclic) bond motifs is 3. The second-order valence-corrected chi connectivity index (χ2v) is 8.56. The van der Waals surface area contributed by atoms with E-state index in [1.807, 2.05) is 31.2 Å². The van der Waals surface area contributed by atoms with Gasteiger partial charge in [0, 0.05) is 6.54 Å². The van der Waals surface area contributed by atoms with E-state index in [9.17, 15) is 4.79 Å². The first-order chi connectivity index (χ1) is 15.2. The number of rotatable bonds is 6. The average Bonchev–Trinajstić information content (AvgIpc) is 3.23. The SMILES string of the molecule is CCn1c(=O)c2ccccc2n2c(CN3CCC(CCc4ccccc4)CC3)nnc12. The van der Waals surface area contributed by atoms with E-state index in [2.05, 4.69) is 49.8 Å². The van der Waals surface area contributed by atoms with Crippen molar-refractivity contribution in [1.29, 1.82) is 0 Å². The van der Waals surface area contributed by atoms with Crippen molar-refractivity contribution in [2.45, 2.75) is 45.7 Å². The molecule has 0 N–H and O–H groups in total. The van der Waals surface area contributed by atoms with Crippen molar-refractivity contribution in [3.05, 3.63) is 76.3 Å². The van der Waals surface area contributed by atoms with Gasteiger partial charge in [-0.25, -0.2) is 0 Å². The lowest BCUT2D eigenvalue weighted by atomic mass is 9.90. The minimum Gasteiger partial charge on any atom is -0.296 e. The maximum Gasteiger partial charge on any atom is 0.262 e. The predicted octanol–water partition coefficient (Wildman–Crippen LogP) is 3.91.